The van der Waals surface area contributed by atoms with Gasteiger partial charge in [-0.25, -0.2) is 4.98 Å². The summed E-state index contributed by atoms with van der Waals surface area (Å²) in [6, 6.07) is 17.9. The van der Waals surface area contributed by atoms with Crippen molar-refractivity contribution in [3.63, 3.8) is 0 Å². The summed E-state index contributed by atoms with van der Waals surface area (Å²) >= 11 is 0. The zero-order chi connectivity index (χ0) is 19.3. The number of amides is 1. The summed E-state index contributed by atoms with van der Waals surface area (Å²) in [4.78, 5) is 32.0. The molecule has 1 aliphatic heterocycles. The third kappa shape index (κ3) is 3.98. The van der Waals surface area contributed by atoms with E-state index in [4.69, 9.17) is 0 Å². The highest BCUT2D eigenvalue weighted by atomic mass is 16.2. The topological polar surface area (TPSA) is 55.2 Å². The molecule has 1 aliphatic rings. The van der Waals surface area contributed by atoms with Gasteiger partial charge in [0.1, 0.15) is 5.69 Å². The Hall–Kier alpha value is -2.95. The Labute approximate surface area is 164 Å². The molecule has 0 N–H and O–H groups in total. The Morgan fingerprint density at radius 1 is 0.929 bits per heavy atom. The fraction of sp³-hybridized carbons (Fsp3) is 0.348. The number of aryl methyl sites for hydroxylation is 3. The monoisotopic (exact) mass is 375 g/mol. The third-order valence-electron chi connectivity index (χ3n) is 5.42. The van der Waals surface area contributed by atoms with Crippen molar-refractivity contribution in [3.05, 3.63) is 76.2 Å². The average molecular weight is 375 g/mol. The Morgan fingerprint density at radius 2 is 1.64 bits per heavy atom. The fourth-order valence-corrected chi connectivity index (χ4v) is 3.87. The first-order valence-corrected chi connectivity index (χ1v) is 10.0. The molecule has 0 bridgehead atoms. The maximum atomic E-state index is 13.1. The van der Waals surface area contributed by atoms with Gasteiger partial charge in [0.25, 0.3) is 5.56 Å². The van der Waals surface area contributed by atoms with Crippen molar-refractivity contribution in [1.82, 2.24) is 14.5 Å². The van der Waals surface area contributed by atoms with Gasteiger partial charge < -0.3 is 9.47 Å². The van der Waals surface area contributed by atoms with Gasteiger partial charge in [-0.2, -0.15) is 0 Å². The Balaban J connectivity index is 1.59. The van der Waals surface area contributed by atoms with E-state index < -0.39 is 0 Å². The second kappa shape index (κ2) is 8.38. The Bertz CT molecular complexity index is 1020. The minimum absolute atomic E-state index is 0.0798. The van der Waals surface area contributed by atoms with Crippen LogP contribution < -0.4 is 5.56 Å². The normalized spacial score (nSPS) is 13.9. The number of para-hydroxylation sites is 2. The highest BCUT2D eigenvalue weighted by molar-refractivity contribution is 5.77. The molecule has 4 rings (SSSR count). The van der Waals surface area contributed by atoms with E-state index in [1.165, 1.54) is 5.56 Å². The van der Waals surface area contributed by atoms with Crippen LogP contribution in [0.4, 0.5) is 0 Å². The van der Waals surface area contributed by atoms with Crippen molar-refractivity contribution in [3.8, 4) is 0 Å². The summed E-state index contributed by atoms with van der Waals surface area (Å²) in [7, 11) is 0. The summed E-state index contributed by atoms with van der Waals surface area (Å²) in [5.74, 6) is 0.127. The number of rotatable bonds is 6. The molecule has 28 heavy (non-hydrogen) atoms. The first-order valence-electron chi connectivity index (χ1n) is 10.0. The van der Waals surface area contributed by atoms with Crippen LogP contribution >= 0.6 is 0 Å². The van der Waals surface area contributed by atoms with Crippen LogP contribution in [0.3, 0.4) is 0 Å². The number of nitrogens with zero attached hydrogens (tertiary/aromatic N) is 3. The van der Waals surface area contributed by atoms with Crippen molar-refractivity contribution in [2.75, 3.05) is 13.1 Å². The van der Waals surface area contributed by atoms with E-state index >= 15 is 0 Å². The van der Waals surface area contributed by atoms with E-state index in [2.05, 4.69) is 17.1 Å². The number of aromatic nitrogens is 2. The number of carbonyl (C=O) groups is 1. The van der Waals surface area contributed by atoms with Crippen LogP contribution in [0.1, 0.15) is 30.5 Å². The quantitative estimate of drug-likeness (QED) is 0.665. The maximum absolute atomic E-state index is 13.1. The van der Waals surface area contributed by atoms with Gasteiger partial charge in [-0.05, 0) is 37.0 Å². The predicted molar refractivity (Wildman–Crippen MR) is 110 cm³/mol. The zero-order valence-electron chi connectivity index (χ0n) is 16.0. The molecule has 5 nitrogen and oxygen atoms in total. The molecule has 3 aromatic rings. The minimum atomic E-state index is -0.0798. The number of hydrogen-bond donors (Lipinski definition) is 0. The molecule has 1 amide bonds. The number of hydrogen-bond acceptors (Lipinski definition) is 3. The molecule has 2 heterocycles. The van der Waals surface area contributed by atoms with Crippen LogP contribution in [0.15, 0.2) is 59.4 Å². The van der Waals surface area contributed by atoms with Crippen molar-refractivity contribution >= 4 is 16.9 Å². The van der Waals surface area contributed by atoms with Gasteiger partial charge in [0.05, 0.1) is 11.0 Å². The van der Waals surface area contributed by atoms with Crippen molar-refractivity contribution < 1.29 is 4.79 Å². The lowest BCUT2D eigenvalue weighted by Crippen LogP contribution is -2.30. The van der Waals surface area contributed by atoms with Crippen molar-refractivity contribution in [2.24, 2.45) is 0 Å². The van der Waals surface area contributed by atoms with E-state index in [1.54, 1.807) is 0 Å². The molecule has 0 unspecified atom stereocenters. The summed E-state index contributed by atoms with van der Waals surface area (Å²) in [5, 5.41) is 0. The molecule has 0 radical (unpaired) electrons. The lowest BCUT2D eigenvalue weighted by molar-refractivity contribution is -0.130. The second-order valence-electron chi connectivity index (χ2n) is 7.33. The van der Waals surface area contributed by atoms with Gasteiger partial charge in [0.15, 0.2) is 0 Å². The predicted octanol–water partition coefficient (Wildman–Crippen LogP) is 3.19. The zero-order valence-corrected chi connectivity index (χ0v) is 16.0. The molecule has 0 saturated carbocycles. The molecule has 0 aliphatic carbocycles. The van der Waals surface area contributed by atoms with E-state index in [0.717, 1.165) is 43.4 Å². The Kier molecular flexibility index (Phi) is 5.51. The lowest BCUT2D eigenvalue weighted by Gasteiger charge is -2.15. The molecular formula is C23H25N3O2. The van der Waals surface area contributed by atoms with Gasteiger partial charge in [0, 0.05) is 32.5 Å². The molecule has 2 aromatic carbocycles. The molecule has 1 aromatic heterocycles. The molecule has 0 spiro atoms. The SMILES string of the molecule is O=C(CCc1nc2ccccc2n(CCc2ccccc2)c1=O)N1CCCC1. The van der Waals surface area contributed by atoms with Crippen molar-refractivity contribution in [1.29, 1.82) is 0 Å². The first kappa shape index (κ1) is 18.4. The van der Waals surface area contributed by atoms with E-state index in [9.17, 15) is 9.59 Å². The van der Waals surface area contributed by atoms with Crippen LogP contribution in [0.5, 0.6) is 0 Å². The average Bonchev–Trinajstić information content (AvgIpc) is 3.27. The van der Waals surface area contributed by atoms with Gasteiger partial charge in [-0.15, -0.1) is 0 Å². The molecule has 144 valence electrons. The van der Waals surface area contributed by atoms with Crippen LogP contribution in [0.2, 0.25) is 0 Å². The summed E-state index contributed by atoms with van der Waals surface area (Å²) < 4.78 is 1.81. The van der Waals surface area contributed by atoms with E-state index in [-0.39, 0.29) is 11.5 Å². The maximum Gasteiger partial charge on any atom is 0.272 e. The smallest absolute Gasteiger partial charge is 0.272 e. The third-order valence-corrected chi connectivity index (χ3v) is 5.42. The molecule has 0 atom stereocenters. The van der Waals surface area contributed by atoms with Crippen LogP contribution in [-0.2, 0) is 24.2 Å². The van der Waals surface area contributed by atoms with Gasteiger partial charge in [-0.1, -0.05) is 42.5 Å². The van der Waals surface area contributed by atoms with Crippen LogP contribution in [0.25, 0.3) is 11.0 Å². The molecule has 5 heteroatoms. The Morgan fingerprint density at radius 3 is 2.43 bits per heavy atom. The van der Waals surface area contributed by atoms with E-state index in [0.29, 0.717) is 25.1 Å². The van der Waals surface area contributed by atoms with Gasteiger partial charge in [-0.3, -0.25) is 9.59 Å². The standard InChI is InChI=1S/C23H25N3O2/c27-22(25-15-6-7-16-25)13-12-20-23(28)26(17-14-18-8-2-1-3-9-18)21-11-5-4-10-19(21)24-20/h1-5,8-11H,6-7,12-17H2. The highest BCUT2D eigenvalue weighted by Gasteiger charge is 2.19. The summed E-state index contributed by atoms with van der Waals surface area (Å²) in [5.41, 5.74) is 3.25. The van der Waals surface area contributed by atoms with Crippen LogP contribution in [0, 0.1) is 0 Å². The fourth-order valence-electron chi connectivity index (χ4n) is 3.87. The largest absolute Gasteiger partial charge is 0.343 e. The summed E-state index contributed by atoms with van der Waals surface area (Å²) in [6.45, 7) is 2.27. The number of likely N-dealkylation sites (tertiary alicyclic amines) is 1. The lowest BCUT2D eigenvalue weighted by atomic mass is 10.1. The molecule has 1 saturated heterocycles. The number of benzene rings is 2. The highest BCUT2D eigenvalue weighted by Crippen LogP contribution is 2.14. The van der Waals surface area contributed by atoms with Crippen molar-refractivity contribution in [2.45, 2.75) is 38.6 Å². The van der Waals surface area contributed by atoms with Gasteiger partial charge in [0.2, 0.25) is 5.91 Å². The molecular weight excluding hydrogens is 350 g/mol. The van der Waals surface area contributed by atoms with Crippen LogP contribution in [-0.4, -0.2) is 33.4 Å². The van der Waals surface area contributed by atoms with Gasteiger partial charge >= 0.3 is 0 Å². The number of fused-ring (bicyclic) bond motifs is 1. The molecule has 1 fully saturated rings. The number of carbonyl (C=O) groups excluding carboxylic acids is 1. The van der Waals surface area contributed by atoms with E-state index in [1.807, 2.05) is 51.9 Å². The summed E-state index contributed by atoms with van der Waals surface area (Å²) in [6.07, 6.45) is 3.67. The second-order valence-corrected chi connectivity index (χ2v) is 7.33. The minimum Gasteiger partial charge on any atom is -0.343 e. The first-order chi connectivity index (χ1) is 13.7.